The summed E-state index contributed by atoms with van der Waals surface area (Å²) >= 11 is 6.04. The summed E-state index contributed by atoms with van der Waals surface area (Å²) in [6.07, 6.45) is 6.82. The number of nitrogens with two attached hydrogens (primary N) is 1. The largest absolute Gasteiger partial charge is 0.474 e. The lowest BCUT2D eigenvalue weighted by Crippen LogP contribution is -2.32. The number of hydrogen-bond acceptors (Lipinski definition) is 4. The molecule has 2 aromatic heterocycles. The van der Waals surface area contributed by atoms with Gasteiger partial charge in [-0.3, -0.25) is 0 Å². The molecule has 0 radical (unpaired) electrons. The highest BCUT2D eigenvalue weighted by Crippen LogP contribution is 2.35. The molecule has 5 heteroatoms. The fraction of sp³-hybridized carbons (Fsp3) is 0.467. The summed E-state index contributed by atoms with van der Waals surface area (Å²) in [6.45, 7) is 4.06. The van der Waals surface area contributed by atoms with Crippen molar-refractivity contribution in [2.45, 2.75) is 44.8 Å². The van der Waals surface area contributed by atoms with Crippen molar-refractivity contribution in [2.75, 3.05) is 0 Å². The third-order valence-corrected chi connectivity index (χ3v) is 4.06. The third-order valence-electron chi connectivity index (χ3n) is 3.85. The van der Waals surface area contributed by atoms with Gasteiger partial charge in [0.1, 0.15) is 11.3 Å². The highest BCUT2D eigenvalue weighted by atomic mass is 35.5. The molecule has 106 valence electrons. The number of halogens is 1. The van der Waals surface area contributed by atoms with E-state index in [4.69, 9.17) is 22.1 Å². The molecule has 0 aromatic carbocycles. The summed E-state index contributed by atoms with van der Waals surface area (Å²) in [4.78, 5) is 8.59. The van der Waals surface area contributed by atoms with E-state index in [1.54, 1.807) is 12.4 Å². The van der Waals surface area contributed by atoms with Crippen molar-refractivity contribution in [1.82, 2.24) is 9.97 Å². The van der Waals surface area contributed by atoms with Crippen LogP contribution in [0.3, 0.4) is 0 Å². The third kappa shape index (κ3) is 2.45. The molecule has 1 saturated carbocycles. The molecule has 4 nitrogen and oxygen atoms in total. The van der Waals surface area contributed by atoms with Gasteiger partial charge in [0, 0.05) is 17.9 Å². The van der Waals surface area contributed by atoms with Gasteiger partial charge in [-0.15, -0.1) is 0 Å². The number of aromatic nitrogens is 2. The number of ether oxygens (including phenoxy) is 1. The van der Waals surface area contributed by atoms with Gasteiger partial charge in [-0.25, -0.2) is 9.97 Å². The molecule has 0 spiro atoms. The molecule has 1 atom stereocenters. The van der Waals surface area contributed by atoms with Gasteiger partial charge in [-0.2, -0.15) is 0 Å². The van der Waals surface area contributed by atoms with Crippen LogP contribution in [-0.4, -0.2) is 16.1 Å². The zero-order valence-corrected chi connectivity index (χ0v) is 12.4. The Kier molecular flexibility index (Phi) is 3.30. The number of fused-ring (bicyclic) bond motifs is 1. The first-order valence-electron chi connectivity index (χ1n) is 6.91. The quantitative estimate of drug-likeness (QED) is 0.877. The van der Waals surface area contributed by atoms with E-state index >= 15 is 0 Å². The predicted molar refractivity (Wildman–Crippen MR) is 80.0 cm³/mol. The van der Waals surface area contributed by atoms with E-state index in [0.717, 1.165) is 35.6 Å². The summed E-state index contributed by atoms with van der Waals surface area (Å²) < 4.78 is 5.84. The van der Waals surface area contributed by atoms with Crippen LogP contribution >= 0.6 is 11.6 Å². The van der Waals surface area contributed by atoms with Crippen LogP contribution in [0, 0.1) is 0 Å². The van der Waals surface area contributed by atoms with E-state index in [1.165, 1.54) is 0 Å². The minimum absolute atomic E-state index is 0.294. The van der Waals surface area contributed by atoms with Crippen molar-refractivity contribution in [3.63, 3.8) is 0 Å². The predicted octanol–water partition coefficient (Wildman–Crippen LogP) is 3.41. The molecule has 0 saturated heterocycles. The van der Waals surface area contributed by atoms with Crippen LogP contribution in [0.1, 0.15) is 38.7 Å². The van der Waals surface area contributed by atoms with E-state index in [9.17, 15) is 0 Å². The van der Waals surface area contributed by atoms with Crippen LogP contribution in [-0.2, 0) is 5.54 Å². The maximum atomic E-state index is 6.37. The SMILES string of the molecule is CC[C@](C)(N)c1cnc(OC2CC2)c2cnc(Cl)cc12. The van der Waals surface area contributed by atoms with Crippen LogP contribution < -0.4 is 10.5 Å². The molecule has 0 unspecified atom stereocenters. The van der Waals surface area contributed by atoms with E-state index in [-0.39, 0.29) is 0 Å². The molecule has 2 aromatic rings. The monoisotopic (exact) mass is 291 g/mol. The zero-order chi connectivity index (χ0) is 14.3. The van der Waals surface area contributed by atoms with Gasteiger partial charge in [-0.1, -0.05) is 18.5 Å². The standard InChI is InChI=1S/C15H18ClN3O/c1-3-15(2,17)12-8-19-14(20-9-4-5-9)11-7-18-13(16)6-10(11)12/h6-9H,3-5,17H2,1-2H3/t15-/m0/s1. The van der Waals surface area contributed by atoms with Crippen molar-refractivity contribution in [1.29, 1.82) is 0 Å². The average molecular weight is 292 g/mol. The van der Waals surface area contributed by atoms with Crippen molar-refractivity contribution >= 4 is 22.4 Å². The summed E-state index contributed by atoms with van der Waals surface area (Å²) in [5, 5.41) is 2.31. The van der Waals surface area contributed by atoms with Crippen LogP contribution in [0.2, 0.25) is 5.15 Å². The Morgan fingerprint density at radius 3 is 2.75 bits per heavy atom. The van der Waals surface area contributed by atoms with Gasteiger partial charge >= 0.3 is 0 Å². The Bertz CT molecular complexity index is 653. The average Bonchev–Trinajstić information content (AvgIpc) is 3.22. The highest BCUT2D eigenvalue weighted by Gasteiger charge is 2.27. The number of rotatable bonds is 4. The van der Waals surface area contributed by atoms with Crippen LogP contribution in [0.4, 0.5) is 0 Å². The molecule has 1 aliphatic rings. The minimum atomic E-state index is -0.450. The molecular formula is C15H18ClN3O. The summed E-state index contributed by atoms with van der Waals surface area (Å²) in [5.74, 6) is 0.627. The second-order valence-corrected chi connectivity index (χ2v) is 6.01. The maximum Gasteiger partial charge on any atom is 0.223 e. The molecule has 2 heterocycles. The lowest BCUT2D eigenvalue weighted by molar-refractivity contribution is 0.294. The number of pyridine rings is 2. The van der Waals surface area contributed by atoms with Gasteiger partial charge in [0.05, 0.1) is 5.39 Å². The first-order valence-corrected chi connectivity index (χ1v) is 7.29. The Hall–Kier alpha value is -1.39. The molecule has 1 aliphatic carbocycles. The van der Waals surface area contributed by atoms with E-state index in [1.807, 2.05) is 13.0 Å². The molecule has 0 aliphatic heterocycles. The summed E-state index contributed by atoms with van der Waals surface area (Å²) in [7, 11) is 0. The second kappa shape index (κ2) is 4.86. The molecule has 3 rings (SSSR count). The fourth-order valence-electron chi connectivity index (χ4n) is 2.17. The first-order chi connectivity index (χ1) is 9.51. The summed E-state index contributed by atoms with van der Waals surface area (Å²) in [6, 6.07) is 1.84. The van der Waals surface area contributed by atoms with Crippen molar-refractivity contribution in [3.05, 3.63) is 29.2 Å². The van der Waals surface area contributed by atoms with Crippen molar-refractivity contribution < 1.29 is 4.74 Å². The van der Waals surface area contributed by atoms with E-state index < -0.39 is 5.54 Å². The molecular weight excluding hydrogens is 274 g/mol. The Balaban J connectivity index is 2.19. The molecule has 2 N–H and O–H groups in total. The van der Waals surface area contributed by atoms with Gasteiger partial charge in [0.2, 0.25) is 5.88 Å². The van der Waals surface area contributed by atoms with E-state index in [2.05, 4.69) is 16.9 Å². The van der Waals surface area contributed by atoms with Gasteiger partial charge in [0.15, 0.2) is 0 Å². The van der Waals surface area contributed by atoms with Crippen LogP contribution in [0.15, 0.2) is 18.5 Å². The van der Waals surface area contributed by atoms with Crippen molar-refractivity contribution in [3.8, 4) is 5.88 Å². The Morgan fingerprint density at radius 1 is 1.35 bits per heavy atom. The molecule has 20 heavy (non-hydrogen) atoms. The van der Waals surface area contributed by atoms with Crippen LogP contribution in [0.5, 0.6) is 5.88 Å². The van der Waals surface area contributed by atoms with E-state index in [0.29, 0.717) is 17.1 Å². The van der Waals surface area contributed by atoms with Gasteiger partial charge in [-0.05, 0) is 43.2 Å². The number of nitrogens with zero attached hydrogens (tertiary/aromatic N) is 2. The van der Waals surface area contributed by atoms with Gasteiger partial charge < -0.3 is 10.5 Å². The molecule has 0 amide bonds. The Labute approximate surface area is 123 Å². The topological polar surface area (TPSA) is 61.0 Å². The molecule has 0 bridgehead atoms. The molecule has 1 fully saturated rings. The van der Waals surface area contributed by atoms with Crippen LogP contribution in [0.25, 0.3) is 10.8 Å². The Morgan fingerprint density at radius 2 is 2.10 bits per heavy atom. The second-order valence-electron chi connectivity index (χ2n) is 5.62. The highest BCUT2D eigenvalue weighted by molar-refractivity contribution is 6.30. The number of hydrogen-bond donors (Lipinski definition) is 1. The fourth-order valence-corrected chi connectivity index (χ4v) is 2.33. The normalized spacial score (nSPS) is 18.0. The summed E-state index contributed by atoms with van der Waals surface area (Å²) in [5.41, 5.74) is 6.90. The van der Waals surface area contributed by atoms with Gasteiger partial charge in [0.25, 0.3) is 0 Å². The minimum Gasteiger partial charge on any atom is -0.474 e. The zero-order valence-electron chi connectivity index (χ0n) is 11.7. The smallest absolute Gasteiger partial charge is 0.223 e. The first kappa shape index (κ1) is 13.6. The maximum absolute atomic E-state index is 6.37. The lowest BCUT2D eigenvalue weighted by Gasteiger charge is -2.25. The lowest BCUT2D eigenvalue weighted by atomic mass is 9.89. The van der Waals surface area contributed by atoms with Crippen molar-refractivity contribution in [2.24, 2.45) is 5.73 Å².